The third kappa shape index (κ3) is 3.30. The summed E-state index contributed by atoms with van der Waals surface area (Å²) < 4.78 is 0. The summed E-state index contributed by atoms with van der Waals surface area (Å²) in [6, 6.07) is 18.9. The Morgan fingerprint density at radius 2 is 1.35 bits per heavy atom. The van der Waals surface area contributed by atoms with E-state index in [-0.39, 0.29) is 0 Å². The fraction of sp³-hybridized carbons (Fsp3) is 0.263. The van der Waals surface area contributed by atoms with Crippen molar-refractivity contribution in [2.24, 2.45) is 0 Å². The highest BCUT2D eigenvalue weighted by Gasteiger charge is 2.22. The molecule has 0 N–H and O–H groups in total. The van der Waals surface area contributed by atoms with Gasteiger partial charge in [0.2, 0.25) is 0 Å². The first-order valence-corrected chi connectivity index (χ1v) is 7.46. The van der Waals surface area contributed by atoms with E-state index in [2.05, 4.69) is 60.0 Å². The van der Waals surface area contributed by atoms with Crippen molar-refractivity contribution < 1.29 is 0 Å². The van der Waals surface area contributed by atoms with Gasteiger partial charge in [0.1, 0.15) is 0 Å². The summed E-state index contributed by atoms with van der Waals surface area (Å²) in [5.41, 5.74) is 4.94. The highest BCUT2D eigenvalue weighted by Crippen LogP contribution is 2.34. The molecule has 0 spiro atoms. The largest absolute Gasteiger partial charge is 0.337 e. The number of nitrogens with zero attached hydrogens (tertiary/aromatic N) is 1. The van der Waals surface area contributed by atoms with Crippen LogP contribution in [0.25, 0.3) is 5.70 Å². The van der Waals surface area contributed by atoms with E-state index >= 15 is 0 Å². The second-order valence-corrected chi connectivity index (χ2v) is 4.03. The molecule has 0 amide bonds. The smallest absolute Gasteiger partial charge is 0.0488 e. The Kier molecular flexibility index (Phi) is 6.58. The zero-order valence-electron chi connectivity index (χ0n) is 13.1. The maximum atomic E-state index is 4.18. The molecule has 2 aromatic carbocycles. The standard InChI is InChI=1S/C15H13N.2C2H6/c1-12-15-10-6-5-7-13(15)11-16(12)14-8-3-2-4-9-14;2*1-2/h2-10H,1,11H2;2*1-2H3. The predicted molar refractivity (Wildman–Crippen MR) is 90.8 cm³/mol. The highest BCUT2D eigenvalue weighted by molar-refractivity contribution is 5.83. The molecule has 2 aromatic rings. The van der Waals surface area contributed by atoms with E-state index in [1.54, 1.807) is 0 Å². The molecule has 1 nitrogen and oxygen atoms in total. The summed E-state index contributed by atoms with van der Waals surface area (Å²) in [6.45, 7) is 13.1. The van der Waals surface area contributed by atoms with Crippen LogP contribution in [-0.4, -0.2) is 0 Å². The second kappa shape index (κ2) is 8.21. The van der Waals surface area contributed by atoms with Crippen LogP contribution in [0.2, 0.25) is 0 Å². The maximum Gasteiger partial charge on any atom is 0.0488 e. The molecule has 1 heterocycles. The van der Waals surface area contributed by atoms with E-state index in [0.29, 0.717) is 0 Å². The van der Waals surface area contributed by atoms with E-state index in [9.17, 15) is 0 Å². The lowest BCUT2D eigenvalue weighted by Gasteiger charge is -2.19. The lowest BCUT2D eigenvalue weighted by atomic mass is 10.1. The minimum atomic E-state index is 0.930. The van der Waals surface area contributed by atoms with E-state index in [1.165, 1.54) is 16.8 Å². The zero-order valence-corrected chi connectivity index (χ0v) is 13.1. The van der Waals surface area contributed by atoms with Crippen LogP contribution in [0.3, 0.4) is 0 Å². The summed E-state index contributed by atoms with van der Waals surface area (Å²) in [5, 5.41) is 0. The summed E-state index contributed by atoms with van der Waals surface area (Å²) in [4.78, 5) is 2.25. The van der Waals surface area contributed by atoms with Crippen LogP contribution in [0, 0.1) is 0 Å². The Balaban J connectivity index is 0.000000461. The van der Waals surface area contributed by atoms with E-state index in [4.69, 9.17) is 0 Å². The molecule has 3 rings (SSSR count). The highest BCUT2D eigenvalue weighted by atomic mass is 15.2. The van der Waals surface area contributed by atoms with Gasteiger partial charge in [0.25, 0.3) is 0 Å². The average molecular weight is 267 g/mol. The Hall–Kier alpha value is -2.02. The van der Waals surface area contributed by atoms with Gasteiger partial charge in [-0.2, -0.15) is 0 Å². The molecule has 1 aliphatic rings. The normalized spacial score (nSPS) is 11.8. The molecule has 106 valence electrons. The van der Waals surface area contributed by atoms with Crippen LogP contribution < -0.4 is 4.90 Å². The summed E-state index contributed by atoms with van der Waals surface area (Å²) in [5.74, 6) is 0. The molecule has 0 fully saturated rings. The van der Waals surface area contributed by atoms with E-state index in [0.717, 1.165) is 12.2 Å². The third-order valence-electron chi connectivity index (χ3n) is 3.05. The predicted octanol–water partition coefficient (Wildman–Crippen LogP) is 5.73. The van der Waals surface area contributed by atoms with Gasteiger partial charge in [-0.25, -0.2) is 0 Å². The molecule has 1 aliphatic heterocycles. The number of hydrogen-bond acceptors (Lipinski definition) is 1. The number of benzene rings is 2. The van der Waals surface area contributed by atoms with Crippen LogP contribution in [0.4, 0.5) is 5.69 Å². The Morgan fingerprint density at radius 3 is 1.95 bits per heavy atom. The lowest BCUT2D eigenvalue weighted by Crippen LogP contribution is -2.12. The maximum absolute atomic E-state index is 4.18. The molecule has 0 radical (unpaired) electrons. The zero-order chi connectivity index (χ0) is 15.0. The molecule has 0 aromatic heterocycles. The van der Waals surface area contributed by atoms with Gasteiger partial charge in [-0.05, 0) is 17.7 Å². The van der Waals surface area contributed by atoms with Crippen molar-refractivity contribution >= 4 is 11.4 Å². The first-order valence-electron chi connectivity index (χ1n) is 7.46. The molecule has 0 atom stereocenters. The van der Waals surface area contributed by atoms with Gasteiger partial charge < -0.3 is 4.90 Å². The monoisotopic (exact) mass is 267 g/mol. The van der Waals surface area contributed by atoms with Gasteiger partial charge in [-0.15, -0.1) is 0 Å². The second-order valence-electron chi connectivity index (χ2n) is 4.03. The number of rotatable bonds is 1. The first kappa shape index (κ1) is 16.0. The number of hydrogen-bond donors (Lipinski definition) is 0. The van der Waals surface area contributed by atoms with E-state index in [1.807, 2.05) is 33.8 Å². The molecule has 0 unspecified atom stereocenters. The quantitative estimate of drug-likeness (QED) is 0.637. The first-order chi connectivity index (χ1) is 9.86. The van der Waals surface area contributed by atoms with Gasteiger partial charge in [0.15, 0.2) is 0 Å². The topological polar surface area (TPSA) is 3.24 Å². The fourth-order valence-corrected chi connectivity index (χ4v) is 2.21. The average Bonchev–Trinajstić information content (AvgIpc) is 2.90. The van der Waals surface area contributed by atoms with Gasteiger partial charge in [0, 0.05) is 23.5 Å². The van der Waals surface area contributed by atoms with Gasteiger partial charge in [-0.3, -0.25) is 0 Å². The van der Waals surface area contributed by atoms with Crippen LogP contribution in [0.1, 0.15) is 38.8 Å². The Morgan fingerprint density at radius 1 is 0.800 bits per heavy atom. The SMILES string of the molecule is C=C1c2ccccc2CN1c1ccccc1.CC.CC. The molecule has 0 saturated carbocycles. The van der Waals surface area contributed by atoms with Crippen molar-refractivity contribution in [1.82, 2.24) is 0 Å². The van der Waals surface area contributed by atoms with Crippen molar-refractivity contribution in [3.63, 3.8) is 0 Å². The fourth-order valence-electron chi connectivity index (χ4n) is 2.21. The molecule has 20 heavy (non-hydrogen) atoms. The molecule has 0 bridgehead atoms. The van der Waals surface area contributed by atoms with Gasteiger partial charge in [0.05, 0.1) is 0 Å². The van der Waals surface area contributed by atoms with Crippen LogP contribution in [0.5, 0.6) is 0 Å². The molecular weight excluding hydrogens is 242 g/mol. The number of anilines is 1. The molecule has 0 aliphatic carbocycles. The third-order valence-corrected chi connectivity index (χ3v) is 3.05. The number of fused-ring (bicyclic) bond motifs is 1. The van der Waals surface area contributed by atoms with Crippen LogP contribution >= 0.6 is 0 Å². The van der Waals surface area contributed by atoms with Crippen molar-refractivity contribution in [3.8, 4) is 0 Å². The van der Waals surface area contributed by atoms with Crippen molar-refractivity contribution in [2.75, 3.05) is 4.90 Å². The Labute approximate surface area is 123 Å². The van der Waals surface area contributed by atoms with Gasteiger partial charge in [-0.1, -0.05) is 76.7 Å². The lowest BCUT2D eigenvalue weighted by molar-refractivity contribution is 1.04. The van der Waals surface area contributed by atoms with Crippen molar-refractivity contribution in [3.05, 3.63) is 72.3 Å². The minimum Gasteiger partial charge on any atom is -0.337 e. The van der Waals surface area contributed by atoms with Crippen molar-refractivity contribution in [2.45, 2.75) is 34.2 Å². The molecular formula is C19H25N. The molecule has 0 saturated heterocycles. The number of para-hydroxylation sites is 1. The minimum absolute atomic E-state index is 0.930. The Bertz CT molecular complexity index is 528. The van der Waals surface area contributed by atoms with Crippen LogP contribution in [-0.2, 0) is 6.54 Å². The van der Waals surface area contributed by atoms with Crippen molar-refractivity contribution in [1.29, 1.82) is 0 Å². The summed E-state index contributed by atoms with van der Waals surface area (Å²) >= 11 is 0. The summed E-state index contributed by atoms with van der Waals surface area (Å²) in [7, 11) is 0. The molecule has 1 heteroatoms. The van der Waals surface area contributed by atoms with E-state index < -0.39 is 0 Å². The summed E-state index contributed by atoms with van der Waals surface area (Å²) in [6.07, 6.45) is 0. The van der Waals surface area contributed by atoms with Crippen LogP contribution in [0.15, 0.2) is 61.2 Å². The van der Waals surface area contributed by atoms with Gasteiger partial charge >= 0.3 is 0 Å².